The summed E-state index contributed by atoms with van der Waals surface area (Å²) in [7, 11) is 2.71. The van der Waals surface area contributed by atoms with Crippen LogP contribution in [-0.4, -0.2) is 49.5 Å². The molecule has 0 bridgehead atoms. The van der Waals surface area contributed by atoms with E-state index in [0.29, 0.717) is 22.9 Å². The highest BCUT2D eigenvalue weighted by Crippen LogP contribution is 2.33. The molecule has 180 valence electrons. The van der Waals surface area contributed by atoms with E-state index in [9.17, 15) is 14.4 Å². The minimum atomic E-state index is -0.764. The Bertz CT molecular complexity index is 1260. The second kappa shape index (κ2) is 10.4. The summed E-state index contributed by atoms with van der Waals surface area (Å²) in [6, 6.07) is 16.5. The molecule has 0 unspecified atom stereocenters. The second-order valence-electron chi connectivity index (χ2n) is 7.65. The van der Waals surface area contributed by atoms with Crippen LogP contribution in [0.1, 0.15) is 34.1 Å². The lowest BCUT2D eigenvalue weighted by Crippen LogP contribution is -2.32. The van der Waals surface area contributed by atoms with Gasteiger partial charge in [0.15, 0.2) is 6.61 Å². The van der Waals surface area contributed by atoms with E-state index >= 15 is 0 Å². The van der Waals surface area contributed by atoms with Crippen molar-refractivity contribution in [3.05, 3.63) is 88.8 Å². The molecule has 2 heterocycles. The molecule has 0 N–H and O–H groups in total. The fraction of sp³-hybridized carbons (Fsp3) is 0.200. The van der Waals surface area contributed by atoms with Gasteiger partial charge in [-0.2, -0.15) is 5.10 Å². The molecule has 2 aromatic carbocycles. The molecule has 1 aromatic heterocycles. The van der Waals surface area contributed by atoms with Gasteiger partial charge in [0.2, 0.25) is 0 Å². The Balaban J connectivity index is 1.51. The number of hydrogen-bond donors (Lipinski definition) is 0. The van der Waals surface area contributed by atoms with Crippen LogP contribution in [0.25, 0.3) is 0 Å². The number of anilines is 1. The number of carbonyl (C=O) groups excluding carboxylic acids is 3. The van der Waals surface area contributed by atoms with Crippen molar-refractivity contribution >= 4 is 41.0 Å². The van der Waals surface area contributed by atoms with E-state index < -0.39 is 30.6 Å². The predicted octanol–water partition coefficient (Wildman–Crippen LogP) is 4.67. The predicted molar refractivity (Wildman–Crippen MR) is 128 cm³/mol. The highest BCUT2D eigenvalue weighted by Gasteiger charge is 2.35. The van der Waals surface area contributed by atoms with Crippen molar-refractivity contribution in [3.8, 4) is 0 Å². The molecule has 0 spiro atoms. The zero-order valence-corrected chi connectivity index (χ0v) is 19.8. The quantitative estimate of drug-likeness (QED) is 0.460. The summed E-state index contributed by atoms with van der Waals surface area (Å²) in [6.07, 6.45) is 1.29. The average Bonchev–Trinajstić information content (AvgIpc) is 3.57. The number of carbonyl (C=O) groups is 3. The molecule has 0 radical (unpaired) electrons. The summed E-state index contributed by atoms with van der Waals surface area (Å²) in [5.74, 6) is -0.731. The van der Waals surface area contributed by atoms with Gasteiger partial charge < -0.3 is 13.9 Å². The number of benzene rings is 2. The molecule has 10 heteroatoms. The maximum absolute atomic E-state index is 13.1. The lowest BCUT2D eigenvalue weighted by Gasteiger charge is -2.20. The number of hydrogen-bond acceptors (Lipinski definition) is 7. The molecule has 1 aliphatic heterocycles. The molecular weight excluding hydrogens is 474 g/mol. The van der Waals surface area contributed by atoms with Crippen LogP contribution in [0.2, 0.25) is 5.02 Å². The van der Waals surface area contributed by atoms with Gasteiger partial charge in [0.1, 0.15) is 11.8 Å². The number of hydrazone groups is 1. The number of esters is 1. The molecular formula is C25H22ClN3O6. The van der Waals surface area contributed by atoms with Gasteiger partial charge in [-0.25, -0.2) is 14.6 Å². The molecule has 0 saturated heterocycles. The first kappa shape index (κ1) is 24.0. The van der Waals surface area contributed by atoms with Gasteiger partial charge in [-0.05, 0) is 42.0 Å². The topological polar surface area (TPSA) is 102 Å². The lowest BCUT2D eigenvalue weighted by molar-refractivity contribution is -0.136. The van der Waals surface area contributed by atoms with Crippen molar-refractivity contribution < 1.29 is 28.3 Å². The molecule has 0 aliphatic carbocycles. The maximum atomic E-state index is 13.1. The first-order chi connectivity index (χ1) is 16.9. The summed E-state index contributed by atoms with van der Waals surface area (Å²) in [4.78, 5) is 39.0. The van der Waals surface area contributed by atoms with E-state index in [4.69, 9.17) is 25.5 Å². The summed E-state index contributed by atoms with van der Waals surface area (Å²) in [5.41, 5.74) is 1.89. The Morgan fingerprint density at radius 3 is 2.54 bits per heavy atom. The summed E-state index contributed by atoms with van der Waals surface area (Å²) >= 11 is 5.99. The van der Waals surface area contributed by atoms with Crippen LogP contribution in [0.4, 0.5) is 10.5 Å². The average molecular weight is 496 g/mol. The summed E-state index contributed by atoms with van der Waals surface area (Å²) in [5, 5.41) is 6.35. The Labute approximate surface area is 206 Å². The molecule has 4 rings (SSSR count). The summed E-state index contributed by atoms with van der Waals surface area (Å²) < 4.78 is 15.5. The molecule has 0 saturated carbocycles. The Kier molecular flexibility index (Phi) is 7.17. The number of ether oxygens (including phenoxy) is 2. The van der Waals surface area contributed by atoms with E-state index in [1.54, 1.807) is 42.5 Å². The van der Waals surface area contributed by atoms with Gasteiger partial charge in [0.05, 0.1) is 30.3 Å². The van der Waals surface area contributed by atoms with Crippen molar-refractivity contribution in [1.29, 1.82) is 0 Å². The number of para-hydroxylation sites is 1. The normalized spacial score (nSPS) is 14.9. The molecule has 35 heavy (non-hydrogen) atoms. The van der Waals surface area contributed by atoms with Gasteiger partial charge in [-0.3, -0.25) is 9.69 Å². The zero-order valence-electron chi connectivity index (χ0n) is 19.0. The standard InChI is InChI=1S/C25H22ClN3O6/c1-28(25(32)33-2)20-7-4-3-6-18(20)24(31)35-15-23(30)29-21(22-8-5-13-34-22)14-19(27-29)16-9-11-17(26)12-10-16/h3-13,21H,14-15H2,1-2H3/t21-/m0/s1. The Morgan fingerprint density at radius 1 is 1.11 bits per heavy atom. The number of amides is 2. The molecule has 3 aromatic rings. The van der Waals surface area contributed by atoms with Crippen LogP contribution in [0.15, 0.2) is 76.4 Å². The third kappa shape index (κ3) is 5.20. The number of halogens is 1. The van der Waals surface area contributed by atoms with Gasteiger partial charge >= 0.3 is 12.1 Å². The third-order valence-electron chi connectivity index (χ3n) is 5.48. The first-order valence-electron chi connectivity index (χ1n) is 10.7. The van der Waals surface area contributed by atoms with Crippen molar-refractivity contribution in [2.24, 2.45) is 5.10 Å². The molecule has 0 fully saturated rings. The minimum Gasteiger partial charge on any atom is -0.467 e. The van der Waals surface area contributed by atoms with Crippen molar-refractivity contribution in [2.45, 2.75) is 12.5 Å². The van der Waals surface area contributed by atoms with Gasteiger partial charge in [0.25, 0.3) is 5.91 Å². The number of rotatable bonds is 6. The Hall–Kier alpha value is -4.11. The lowest BCUT2D eigenvalue weighted by atomic mass is 10.0. The van der Waals surface area contributed by atoms with E-state index in [1.165, 1.54) is 36.4 Å². The largest absolute Gasteiger partial charge is 0.467 e. The summed E-state index contributed by atoms with van der Waals surface area (Å²) in [6.45, 7) is -0.552. The van der Waals surface area contributed by atoms with E-state index in [-0.39, 0.29) is 11.3 Å². The van der Waals surface area contributed by atoms with Crippen LogP contribution < -0.4 is 4.90 Å². The smallest absolute Gasteiger partial charge is 0.413 e. The SMILES string of the molecule is COC(=O)N(C)c1ccccc1C(=O)OCC(=O)N1N=C(c2ccc(Cl)cc2)C[C@H]1c1ccco1. The highest BCUT2D eigenvalue weighted by atomic mass is 35.5. The molecule has 2 amide bonds. The highest BCUT2D eigenvalue weighted by molar-refractivity contribution is 6.30. The first-order valence-corrected chi connectivity index (χ1v) is 11.0. The molecule has 1 atom stereocenters. The van der Waals surface area contributed by atoms with E-state index in [1.807, 2.05) is 12.1 Å². The Morgan fingerprint density at radius 2 is 1.86 bits per heavy atom. The fourth-order valence-electron chi connectivity index (χ4n) is 3.70. The minimum absolute atomic E-state index is 0.113. The zero-order chi connectivity index (χ0) is 24.9. The van der Waals surface area contributed by atoms with Gasteiger partial charge in [-0.15, -0.1) is 0 Å². The van der Waals surface area contributed by atoms with E-state index in [2.05, 4.69) is 5.10 Å². The van der Waals surface area contributed by atoms with Crippen LogP contribution >= 0.6 is 11.6 Å². The maximum Gasteiger partial charge on any atom is 0.413 e. The number of nitrogens with zero attached hydrogens (tertiary/aromatic N) is 3. The van der Waals surface area contributed by atoms with Crippen LogP contribution in [0, 0.1) is 0 Å². The van der Waals surface area contributed by atoms with Crippen molar-refractivity contribution in [1.82, 2.24) is 5.01 Å². The van der Waals surface area contributed by atoms with Gasteiger partial charge in [0, 0.05) is 18.5 Å². The van der Waals surface area contributed by atoms with Crippen molar-refractivity contribution in [3.63, 3.8) is 0 Å². The third-order valence-corrected chi connectivity index (χ3v) is 5.73. The van der Waals surface area contributed by atoms with Crippen molar-refractivity contribution in [2.75, 3.05) is 25.7 Å². The number of methoxy groups -OCH3 is 1. The number of furan rings is 1. The van der Waals surface area contributed by atoms with Crippen LogP contribution in [0.5, 0.6) is 0 Å². The molecule has 1 aliphatic rings. The second-order valence-corrected chi connectivity index (χ2v) is 8.09. The monoisotopic (exact) mass is 495 g/mol. The molecule has 9 nitrogen and oxygen atoms in total. The van der Waals surface area contributed by atoms with Gasteiger partial charge in [-0.1, -0.05) is 35.9 Å². The fourth-order valence-corrected chi connectivity index (χ4v) is 3.83. The van der Waals surface area contributed by atoms with E-state index in [0.717, 1.165) is 5.56 Å². The van der Waals surface area contributed by atoms with Crippen LogP contribution in [0.3, 0.4) is 0 Å². The van der Waals surface area contributed by atoms with Crippen LogP contribution in [-0.2, 0) is 14.3 Å².